The molecular weight excluding hydrogens is 262 g/mol. The van der Waals surface area contributed by atoms with Crippen molar-refractivity contribution in [1.29, 1.82) is 0 Å². The summed E-state index contributed by atoms with van der Waals surface area (Å²) in [6.45, 7) is 7.34. The van der Waals surface area contributed by atoms with Crippen LogP contribution in [0.25, 0.3) is 0 Å². The molecule has 0 spiro atoms. The lowest BCUT2D eigenvalue weighted by molar-refractivity contribution is 0.0778. The van der Waals surface area contributed by atoms with E-state index in [1.807, 2.05) is 6.92 Å². The molecular formula is C15H22F2N2O. The molecule has 1 atom stereocenters. The van der Waals surface area contributed by atoms with E-state index in [1.54, 1.807) is 13.2 Å². The Kier molecular flexibility index (Phi) is 5.46. The molecule has 0 N–H and O–H groups in total. The molecule has 0 aromatic heterocycles. The van der Waals surface area contributed by atoms with Gasteiger partial charge < -0.3 is 4.74 Å². The van der Waals surface area contributed by atoms with Crippen LogP contribution in [0.4, 0.5) is 8.78 Å². The lowest BCUT2D eigenvalue weighted by Crippen LogP contribution is -2.48. The summed E-state index contributed by atoms with van der Waals surface area (Å²) in [7, 11) is 1.70. The maximum atomic E-state index is 13.8. The normalized spacial score (nSPS) is 19.2. The van der Waals surface area contributed by atoms with Crippen molar-refractivity contribution in [2.24, 2.45) is 0 Å². The lowest BCUT2D eigenvalue weighted by atomic mass is 10.1. The molecule has 1 aromatic carbocycles. The summed E-state index contributed by atoms with van der Waals surface area (Å²) in [4.78, 5) is 4.58. The van der Waals surface area contributed by atoms with E-state index in [9.17, 15) is 8.78 Å². The number of ether oxygens (including phenoxy) is 1. The SMILES string of the molecule is COCCN1CCN(C(C)c2ccc(F)cc2F)CC1. The summed E-state index contributed by atoms with van der Waals surface area (Å²) >= 11 is 0. The summed E-state index contributed by atoms with van der Waals surface area (Å²) in [5.74, 6) is -0.984. The predicted molar refractivity (Wildman–Crippen MR) is 74.7 cm³/mol. The molecule has 0 aliphatic carbocycles. The van der Waals surface area contributed by atoms with Gasteiger partial charge in [-0.2, -0.15) is 0 Å². The molecule has 1 aromatic rings. The molecule has 1 fully saturated rings. The van der Waals surface area contributed by atoms with Crippen LogP contribution in [-0.4, -0.2) is 56.2 Å². The summed E-state index contributed by atoms with van der Waals surface area (Å²) in [6, 6.07) is 3.80. The molecule has 0 bridgehead atoms. The van der Waals surface area contributed by atoms with Crippen molar-refractivity contribution >= 4 is 0 Å². The molecule has 2 rings (SSSR count). The smallest absolute Gasteiger partial charge is 0.130 e. The molecule has 1 heterocycles. The fourth-order valence-corrected chi connectivity index (χ4v) is 2.63. The van der Waals surface area contributed by atoms with Crippen molar-refractivity contribution in [3.63, 3.8) is 0 Å². The quantitative estimate of drug-likeness (QED) is 0.825. The van der Waals surface area contributed by atoms with E-state index in [4.69, 9.17) is 4.74 Å². The second-order valence-corrected chi connectivity index (χ2v) is 5.21. The topological polar surface area (TPSA) is 15.7 Å². The highest BCUT2D eigenvalue weighted by Crippen LogP contribution is 2.24. The molecule has 112 valence electrons. The molecule has 20 heavy (non-hydrogen) atoms. The third kappa shape index (κ3) is 3.75. The first-order chi connectivity index (χ1) is 9.61. The number of rotatable bonds is 5. The Hall–Kier alpha value is -1.04. The Morgan fingerprint density at radius 1 is 1.20 bits per heavy atom. The van der Waals surface area contributed by atoms with Gasteiger partial charge in [0, 0.05) is 57.5 Å². The third-order valence-corrected chi connectivity index (χ3v) is 3.98. The van der Waals surface area contributed by atoms with Gasteiger partial charge in [-0.3, -0.25) is 9.80 Å². The zero-order chi connectivity index (χ0) is 14.5. The first-order valence-corrected chi connectivity index (χ1v) is 7.02. The molecule has 3 nitrogen and oxygen atoms in total. The van der Waals surface area contributed by atoms with E-state index in [2.05, 4.69) is 9.80 Å². The Bertz CT molecular complexity index is 434. The molecule has 1 aliphatic heterocycles. The fourth-order valence-electron chi connectivity index (χ4n) is 2.63. The zero-order valence-electron chi connectivity index (χ0n) is 12.1. The number of halogens is 2. The predicted octanol–water partition coefficient (Wildman–Crippen LogP) is 2.29. The van der Waals surface area contributed by atoms with E-state index in [1.165, 1.54) is 6.07 Å². The largest absolute Gasteiger partial charge is 0.383 e. The maximum Gasteiger partial charge on any atom is 0.130 e. The van der Waals surface area contributed by atoms with Crippen LogP contribution in [0.3, 0.4) is 0 Å². The van der Waals surface area contributed by atoms with Crippen LogP contribution in [0.5, 0.6) is 0 Å². The van der Waals surface area contributed by atoms with Gasteiger partial charge in [-0.15, -0.1) is 0 Å². The molecule has 1 unspecified atom stereocenters. The minimum atomic E-state index is -0.525. The van der Waals surface area contributed by atoms with Gasteiger partial charge in [-0.1, -0.05) is 6.07 Å². The minimum absolute atomic E-state index is 0.0276. The fraction of sp³-hybridized carbons (Fsp3) is 0.600. The number of hydrogen-bond donors (Lipinski definition) is 0. The Morgan fingerprint density at radius 2 is 1.90 bits per heavy atom. The number of piperazine rings is 1. The van der Waals surface area contributed by atoms with Crippen molar-refractivity contribution in [1.82, 2.24) is 9.80 Å². The van der Waals surface area contributed by atoms with Crippen molar-refractivity contribution in [2.45, 2.75) is 13.0 Å². The maximum absolute atomic E-state index is 13.8. The molecule has 0 radical (unpaired) electrons. The first-order valence-electron chi connectivity index (χ1n) is 7.02. The highest BCUT2D eigenvalue weighted by Gasteiger charge is 2.23. The Labute approximate surface area is 119 Å². The van der Waals surface area contributed by atoms with Crippen LogP contribution in [0.1, 0.15) is 18.5 Å². The van der Waals surface area contributed by atoms with Crippen LogP contribution in [0.2, 0.25) is 0 Å². The van der Waals surface area contributed by atoms with Crippen LogP contribution >= 0.6 is 0 Å². The van der Waals surface area contributed by atoms with E-state index in [-0.39, 0.29) is 6.04 Å². The van der Waals surface area contributed by atoms with Gasteiger partial charge in [0.25, 0.3) is 0 Å². The molecule has 1 aliphatic rings. The third-order valence-electron chi connectivity index (χ3n) is 3.98. The molecule has 0 amide bonds. The summed E-state index contributed by atoms with van der Waals surface area (Å²) in [6.07, 6.45) is 0. The van der Waals surface area contributed by atoms with Gasteiger partial charge in [-0.05, 0) is 13.0 Å². The minimum Gasteiger partial charge on any atom is -0.383 e. The van der Waals surface area contributed by atoms with Crippen LogP contribution < -0.4 is 0 Å². The second kappa shape index (κ2) is 7.11. The highest BCUT2D eigenvalue weighted by molar-refractivity contribution is 5.21. The van der Waals surface area contributed by atoms with E-state index < -0.39 is 11.6 Å². The van der Waals surface area contributed by atoms with Crippen molar-refractivity contribution < 1.29 is 13.5 Å². The number of hydrogen-bond acceptors (Lipinski definition) is 3. The highest BCUT2D eigenvalue weighted by atomic mass is 19.1. The van der Waals surface area contributed by atoms with Gasteiger partial charge in [0.15, 0.2) is 0 Å². The van der Waals surface area contributed by atoms with Gasteiger partial charge >= 0.3 is 0 Å². The van der Waals surface area contributed by atoms with Crippen LogP contribution in [-0.2, 0) is 4.74 Å². The molecule has 5 heteroatoms. The number of benzene rings is 1. The average Bonchev–Trinajstić information content (AvgIpc) is 2.45. The average molecular weight is 284 g/mol. The van der Waals surface area contributed by atoms with Gasteiger partial charge in [0.2, 0.25) is 0 Å². The van der Waals surface area contributed by atoms with Gasteiger partial charge in [0.1, 0.15) is 11.6 Å². The summed E-state index contributed by atoms with van der Waals surface area (Å²) in [5, 5.41) is 0. The van der Waals surface area contributed by atoms with Gasteiger partial charge in [0.05, 0.1) is 6.61 Å². The van der Waals surface area contributed by atoms with E-state index in [0.29, 0.717) is 5.56 Å². The van der Waals surface area contributed by atoms with Crippen molar-refractivity contribution in [3.05, 3.63) is 35.4 Å². The Balaban J connectivity index is 1.92. The van der Waals surface area contributed by atoms with Crippen molar-refractivity contribution in [3.8, 4) is 0 Å². The Morgan fingerprint density at radius 3 is 2.50 bits per heavy atom. The molecule has 0 saturated carbocycles. The van der Waals surface area contributed by atoms with Gasteiger partial charge in [-0.25, -0.2) is 8.78 Å². The zero-order valence-corrected chi connectivity index (χ0v) is 12.1. The second-order valence-electron chi connectivity index (χ2n) is 5.21. The van der Waals surface area contributed by atoms with E-state index >= 15 is 0 Å². The monoisotopic (exact) mass is 284 g/mol. The van der Waals surface area contributed by atoms with Crippen LogP contribution in [0, 0.1) is 11.6 Å². The first kappa shape index (κ1) is 15.4. The standard InChI is InChI=1S/C15H22F2N2O/c1-12(14-4-3-13(16)11-15(14)17)19-7-5-18(6-8-19)9-10-20-2/h3-4,11-12H,5-10H2,1-2H3. The number of methoxy groups -OCH3 is 1. The molecule has 1 saturated heterocycles. The summed E-state index contributed by atoms with van der Waals surface area (Å²) in [5.41, 5.74) is 0.566. The van der Waals surface area contributed by atoms with Crippen molar-refractivity contribution in [2.75, 3.05) is 46.4 Å². The van der Waals surface area contributed by atoms with E-state index in [0.717, 1.165) is 45.4 Å². The number of nitrogens with zero attached hydrogens (tertiary/aromatic N) is 2. The lowest BCUT2D eigenvalue weighted by Gasteiger charge is -2.38. The van der Waals surface area contributed by atoms with Crippen LogP contribution in [0.15, 0.2) is 18.2 Å². The summed E-state index contributed by atoms with van der Waals surface area (Å²) < 4.78 is 31.8.